The molecule has 6 nitrogen and oxygen atoms in total. The lowest BCUT2D eigenvalue weighted by atomic mass is 9.99. The molecule has 0 aliphatic rings. The number of amides is 1. The lowest BCUT2D eigenvalue weighted by molar-refractivity contribution is -0.122. The molecule has 23 heavy (non-hydrogen) atoms. The standard InChI is InChI=1S/C17H17N5O/c23-17(12-22-13-18-20-21-22)19-16(15-9-5-2-6-10-15)11-14-7-3-1-4-8-14/h1-10,13,16H,11-12H2,(H,19,23)/t16-/m0/s1. The molecular formula is C17H17N5O. The van der Waals surface area contributed by atoms with E-state index in [2.05, 4.69) is 33.0 Å². The number of hydrogen-bond donors (Lipinski definition) is 1. The Morgan fingerprint density at radius 2 is 1.74 bits per heavy atom. The Kier molecular flexibility index (Phi) is 4.73. The first kappa shape index (κ1) is 14.9. The maximum absolute atomic E-state index is 12.3. The zero-order valence-electron chi connectivity index (χ0n) is 12.5. The van der Waals surface area contributed by atoms with Crippen molar-refractivity contribution >= 4 is 5.91 Å². The minimum absolute atomic E-state index is 0.0948. The summed E-state index contributed by atoms with van der Waals surface area (Å²) in [5, 5.41) is 13.8. The Balaban J connectivity index is 1.73. The predicted octanol–water partition coefficient (Wildman–Crippen LogP) is 1.77. The first-order valence-electron chi connectivity index (χ1n) is 7.40. The van der Waals surface area contributed by atoms with Crippen molar-refractivity contribution in [1.82, 2.24) is 25.5 Å². The van der Waals surface area contributed by atoms with Crippen LogP contribution in [0.4, 0.5) is 0 Å². The molecule has 6 heteroatoms. The number of benzene rings is 2. The van der Waals surface area contributed by atoms with Crippen LogP contribution < -0.4 is 5.32 Å². The highest BCUT2D eigenvalue weighted by molar-refractivity contribution is 5.76. The lowest BCUT2D eigenvalue weighted by Gasteiger charge is -2.19. The summed E-state index contributed by atoms with van der Waals surface area (Å²) in [5.74, 6) is -0.123. The van der Waals surface area contributed by atoms with Gasteiger partial charge in [-0.1, -0.05) is 60.7 Å². The van der Waals surface area contributed by atoms with Crippen molar-refractivity contribution in [2.45, 2.75) is 19.0 Å². The Morgan fingerprint density at radius 1 is 1.04 bits per heavy atom. The fourth-order valence-corrected chi connectivity index (χ4v) is 2.43. The summed E-state index contributed by atoms with van der Waals surface area (Å²) >= 11 is 0. The van der Waals surface area contributed by atoms with Crippen LogP contribution >= 0.6 is 0 Å². The Morgan fingerprint density at radius 3 is 2.39 bits per heavy atom. The predicted molar refractivity (Wildman–Crippen MR) is 85.3 cm³/mol. The smallest absolute Gasteiger partial charge is 0.242 e. The van der Waals surface area contributed by atoms with E-state index in [1.807, 2.05) is 48.5 Å². The Labute approximate surface area is 134 Å². The van der Waals surface area contributed by atoms with Gasteiger partial charge in [0.2, 0.25) is 5.91 Å². The SMILES string of the molecule is O=C(Cn1cnnn1)N[C@@H](Cc1ccccc1)c1ccccc1. The van der Waals surface area contributed by atoms with Crippen molar-refractivity contribution < 1.29 is 4.79 Å². The second-order valence-electron chi connectivity index (χ2n) is 5.23. The molecular weight excluding hydrogens is 290 g/mol. The molecule has 0 spiro atoms. The van der Waals surface area contributed by atoms with Crippen LogP contribution in [0, 0.1) is 0 Å². The molecule has 0 unspecified atom stereocenters. The minimum Gasteiger partial charge on any atom is -0.347 e. The first-order valence-corrected chi connectivity index (χ1v) is 7.40. The third kappa shape index (κ3) is 4.23. The maximum Gasteiger partial charge on any atom is 0.242 e. The number of rotatable bonds is 6. The Hall–Kier alpha value is -3.02. The van der Waals surface area contributed by atoms with Crippen LogP contribution in [0.3, 0.4) is 0 Å². The third-order valence-corrected chi connectivity index (χ3v) is 3.52. The van der Waals surface area contributed by atoms with Gasteiger partial charge in [0.1, 0.15) is 12.9 Å². The molecule has 0 bridgehead atoms. The summed E-state index contributed by atoms with van der Waals surface area (Å²) in [5.41, 5.74) is 2.24. The third-order valence-electron chi connectivity index (χ3n) is 3.52. The van der Waals surface area contributed by atoms with Crippen LogP contribution in [0.2, 0.25) is 0 Å². The zero-order valence-corrected chi connectivity index (χ0v) is 12.5. The fourth-order valence-electron chi connectivity index (χ4n) is 2.43. The highest BCUT2D eigenvalue weighted by atomic mass is 16.2. The molecule has 1 N–H and O–H groups in total. The monoisotopic (exact) mass is 307 g/mol. The maximum atomic E-state index is 12.3. The van der Waals surface area contributed by atoms with Gasteiger partial charge in [0.15, 0.2) is 0 Å². The van der Waals surface area contributed by atoms with Crippen molar-refractivity contribution in [2.75, 3.05) is 0 Å². The molecule has 0 aliphatic heterocycles. The second-order valence-corrected chi connectivity index (χ2v) is 5.23. The number of nitrogens with one attached hydrogen (secondary N) is 1. The van der Waals surface area contributed by atoms with E-state index in [-0.39, 0.29) is 18.5 Å². The average Bonchev–Trinajstić information content (AvgIpc) is 3.09. The molecule has 1 aromatic heterocycles. The molecule has 2 aromatic carbocycles. The number of carbonyl (C=O) groups is 1. The van der Waals surface area contributed by atoms with E-state index in [1.54, 1.807) is 0 Å². The van der Waals surface area contributed by atoms with Crippen molar-refractivity contribution in [1.29, 1.82) is 0 Å². The highest BCUT2D eigenvalue weighted by Crippen LogP contribution is 2.18. The number of aromatic nitrogens is 4. The molecule has 0 saturated carbocycles. The summed E-state index contributed by atoms with van der Waals surface area (Å²) in [7, 11) is 0. The minimum atomic E-state index is -0.123. The molecule has 116 valence electrons. The van der Waals surface area contributed by atoms with Gasteiger partial charge < -0.3 is 5.32 Å². The quantitative estimate of drug-likeness (QED) is 0.753. The molecule has 3 rings (SSSR count). The van der Waals surface area contributed by atoms with Crippen LogP contribution in [-0.2, 0) is 17.8 Å². The van der Waals surface area contributed by atoms with Gasteiger partial charge in [-0.2, -0.15) is 0 Å². The highest BCUT2D eigenvalue weighted by Gasteiger charge is 2.15. The van der Waals surface area contributed by atoms with E-state index in [0.717, 1.165) is 12.0 Å². The van der Waals surface area contributed by atoms with E-state index in [9.17, 15) is 4.79 Å². The topological polar surface area (TPSA) is 72.7 Å². The van der Waals surface area contributed by atoms with Gasteiger partial charge in [-0.25, -0.2) is 4.68 Å². The van der Waals surface area contributed by atoms with Crippen LogP contribution in [0.15, 0.2) is 67.0 Å². The summed E-state index contributed by atoms with van der Waals surface area (Å²) in [6, 6.07) is 20.0. The average molecular weight is 307 g/mol. The van der Waals surface area contributed by atoms with Crippen LogP contribution in [0.1, 0.15) is 17.2 Å². The van der Waals surface area contributed by atoms with E-state index in [4.69, 9.17) is 0 Å². The lowest BCUT2D eigenvalue weighted by Crippen LogP contribution is -2.33. The first-order chi connectivity index (χ1) is 11.3. The van der Waals surface area contributed by atoms with Gasteiger partial charge >= 0.3 is 0 Å². The second kappa shape index (κ2) is 7.31. The van der Waals surface area contributed by atoms with Gasteiger partial charge in [0.25, 0.3) is 0 Å². The van der Waals surface area contributed by atoms with E-state index in [1.165, 1.54) is 16.6 Å². The fraction of sp³-hybridized carbons (Fsp3) is 0.176. The van der Waals surface area contributed by atoms with Gasteiger partial charge in [-0.05, 0) is 28.0 Å². The number of carbonyl (C=O) groups excluding carboxylic acids is 1. The van der Waals surface area contributed by atoms with Crippen molar-refractivity contribution in [3.8, 4) is 0 Å². The molecule has 0 radical (unpaired) electrons. The van der Waals surface area contributed by atoms with Crippen LogP contribution in [0.25, 0.3) is 0 Å². The molecule has 0 aliphatic carbocycles. The van der Waals surface area contributed by atoms with Crippen molar-refractivity contribution in [2.24, 2.45) is 0 Å². The molecule has 0 saturated heterocycles. The van der Waals surface area contributed by atoms with Crippen LogP contribution in [-0.4, -0.2) is 26.1 Å². The van der Waals surface area contributed by atoms with Gasteiger partial charge in [-0.3, -0.25) is 4.79 Å². The normalized spacial score (nSPS) is 11.8. The summed E-state index contributed by atoms with van der Waals surface area (Å²) in [4.78, 5) is 12.3. The summed E-state index contributed by atoms with van der Waals surface area (Å²) in [6.07, 6.45) is 2.15. The van der Waals surface area contributed by atoms with Crippen molar-refractivity contribution in [3.63, 3.8) is 0 Å². The molecule has 1 atom stereocenters. The van der Waals surface area contributed by atoms with Gasteiger partial charge in [-0.15, -0.1) is 5.10 Å². The zero-order chi connectivity index (χ0) is 15.9. The summed E-state index contributed by atoms with van der Waals surface area (Å²) in [6.45, 7) is 0.102. The van der Waals surface area contributed by atoms with E-state index in [0.29, 0.717) is 0 Å². The molecule has 0 fully saturated rings. The number of nitrogens with zero attached hydrogens (tertiary/aromatic N) is 4. The van der Waals surface area contributed by atoms with E-state index >= 15 is 0 Å². The van der Waals surface area contributed by atoms with Crippen molar-refractivity contribution in [3.05, 3.63) is 78.1 Å². The summed E-state index contributed by atoms with van der Waals surface area (Å²) < 4.78 is 1.40. The number of tetrazole rings is 1. The molecule has 1 heterocycles. The van der Waals surface area contributed by atoms with Gasteiger partial charge in [0, 0.05) is 0 Å². The van der Waals surface area contributed by atoms with E-state index < -0.39 is 0 Å². The Bertz CT molecular complexity index is 728. The molecule has 1 amide bonds. The van der Waals surface area contributed by atoms with Crippen LogP contribution in [0.5, 0.6) is 0 Å². The number of hydrogen-bond acceptors (Lipinski definition) is 4. The largest absolute Gasteiger partial charge is 0.347 e. The van der Waals surface area contributed by atoms with Gasteiger partial charge in [0.05, 0.1) is 6.04 Å². The molecule has 3 aromatic rings.